The molecule has 6 heteroatoms. The van der Waals surface area contributed by atoms with E-state index in [-0.39, 0.29) is 11.3 Å². The van der Waals surface area contributed by atoms with Gasteiger partial charge in [-0.15, -0.1) is 0 Å². The van der Waals surface area contributed by atoms with Crippen molar-refractivity contribution in [2.75, 3.05) is 39.9 Å². The van der Waals surface area contributed by atoms with Gasteiger partial charge in [0.05, 0.1) is 19.1 Å². The van der Waals surface area contributed by atoms with Crippen molar-refractivity contribution in [3.05, 3.63) is 29.8 Å². The minimum Gasteiger partial charge on any atom is -0.493 e. The molecule has 0 N–H and O–H groups in total. The zero-order valence-corrected chi connectivity index (χ0v) is 19.9. The third-order valence-electron chi connectivity index (χ3n) is 8.28. The molecule has 6 nitrogen and oxygen atoms in total. The molecule has 2 amide bonds. The lowest BCUT2D eigenvalue weighted by Crippen LogP contribution is -2.58. The van der Waals surface area contributed by atoms with Crippen LogP contribution >= 0.6 is 0 Å². The zero-order chi connectivity index (χ0) is 23.0. The molecule has 0 unspecified atom stereocenters. The minimum absolute atomic E-state index is 0.00949. The van der Waals surface area contributed by atoms with Gasteiger partial charge >= 0.3 is 0 Å². The highest BCUT2D eigenvalue weighted by Crippen LogP contribution is 2.60. The van der Waals surface area contributed by atoms with E-state index in [2.05, 4.69) is 4.90 Å². The molecule has 0 radical (unpaired) electrons. The fourth-order valence-electron chi connectivity index (χ4n) is 7.17. The number of amides is 2. The van der Waals surface area contributed by atoms with Crippen LogP contribution in [-0.2, 0) is 9.59 Å². The lowest BCUT2D eigenvalue weighted by molar-refractivity contribution is -0.160. The summed E-state index contributed by atoms with van der Waals surface area (Å²) in [6.07, 6.45) is 10.8. The van der Waals surface area contributed by atoms with Crippen molar-refractivity contribution in [3.8, 4) is 11.5 Å². The van der Waals surface area contributed by atoms with E-state index in [9.17, 15) is 9.59 Å². The maximum absolute atomic E-state index is 13.6. The third kappa shape index (κ3) is 4.36. The number of rotatable bonds is 6. The van der Waals surface area contributed by atoms with Crippen LogP contribution in [0.3, 0.4) is 0 Å². The summed E-state index contributed by atoms with van der Waals surface area (Å²) in [6.45, 7) is 5.01. The van der Waals surface area contributed by atoms with Gasteiger partial charge in [0.25, 0.3) is 0 Å². The van der Waals surface area contributed by atoms with Crippen LogP contribution in [0.25, 0.3) is 6.08 Å². The quantitative estimate of drug-likeness (QED) is 0.613. The van der Waals surface area contributed by atoms with E-state index in [1.165, 1.54) is 19.3 Å². The monoisotopic (exact) mass is 452 g/mol. The summed E-state index contributed by atoms with van der Waals surface area (Å²) >= 11 is 0. The Hall–Kier alpha value is -2.50. The van der Waals surface area contributed by atoms with Gasteiger partial charge in [0.1, 0.15) is 0 Å². The van der Waals surface area contributed by atoms with Crippen molar-refractivity contribution >= 4 is 17.9 Å². The molecule has 0 aromatic heterocycles. The number of hydrogen-bond acceptors (Lipinski definition) is 4. The highest BCUT2D eigenvalue weighted by atomic mass is 16.5. The van der Waals surface area contributed by atoms with E-state index < -0.39 is 0 Å². The Bertz CT molecular complexity index is 897. The van der Waals surface area contributed by atoms with Crippen molar-refractivity contribution in [1.82, 2.24) is 9.80 Å². The Morgan fingerprint density at radius 2 is 1.58 bits per heavy atom. The lowest BCUT2D eigenvalue weighted by Gasteiger charge is -2.57. The first kappa shape index (κ1) is 22.3. The second-order valence-electron chi connectivity index (χ2n) is 10.5. The fourth-order valence-corrected chi connectivity index (χ4v) is 7.17. The number of carbonyl (C=O) groups excluding carboxylic acids is 2. The number of hydrogen-bond donors (Lipinski definition) is 0. The van der Waals surface area contributed by atoms with Crippen LogP contribution in [0.5, 0.6) is 11.5 Å². The molecule has 178 valence electrons. The number of benzene rings is 1. The predicted molar refractivity (Wildman–Crippen MR) is 127 cm³/mol. The predicted octanol–water partition coefficient (Wildman–Crippen LogP) is 3.99. The molecule has 0 spiro atoms. The second-order valence-corrected chi connectivity index (χ2v) is 10.5. The molecule has 6 rings (SSSR count). The summed E-state index contributed by atoms with van der Waals surface area (Å²) in [5, 5.41) is 0. The highest BCUT2D eigenvalue weighted by Gasteiger charge is 2.55. The van der Waals surface area contributed by atoms with E-state index >= 15 is 0 Å². The van der Waals surface area contributed by atoms with Crippen molar-refractivity contribution in [2.45, 2.75) is 45.4 Å². The van der Waals surface area contributed by atoms with E-state index in [1.54, 1.807) is 13.2 Å². The summed E-state index contributed by atoms with van der Waals surface area (Å²) in [4.78, 5) is 30.2. The largest absolute Gasteiger partial charge is 0.493 e. The SMILES string of the molecule is CCOc1ccc(/C=C/C(=O)N2CCN(C(=O)C34CC5CC(CC(C5)C3)C4)CC2)cc1OC. The molecule has 5 aliphatic rings. The Balaban J connectivity index is 1.17. The molecule has 1 heterocycles. The third-order valence-corrected chi connectivity index (χ3v) is 8.28. The highest BCUT2D eigenvalue weighted by molar-refractivity contribution is 5.92. The van der Waals surface area contributed by atoms with Crippen molar-refractivity contribution in [1.29, 1.82) is 0 Å². The molecular weight excluding hydrogens is 416 g/mol. The molecule has 1 aromatic rings. The Kier molecular flexibility index (Phi) is 6.11. The Morgan fingerprint density at radius 1 is 0.970 bits per heavy atom. The molecule has 4 saturated carbocycles. The van der Waals surface area contributed by atoms with Crippen LogP contribution in [0.1, 0.15) is 51.0 Å². The van der Waals surface area contributed by atoms with Gasteiger partial charge in [-0.2, -0.15) is 0 Å². The van der Waals surface area contributed by atoms with Gasteiger partial charge in [0, 0.05) is 32.3 Å². The second kappa shape index (κ2) is 9.03. The molecule has 0 atom stereocenters. The van der Waals surface area contributed by atoms with Crippen LogP contribution in [0.15, 0.2) is 24.3 Å². The number of ether oxygens (including phenoxy) is 2. The standard InChI is InChI=1S/C27H36N2O4/c1-3-33-23-6-4-19(15-24(23)32-2)5-7-25(30)28-8-10-29(11-9-28)26(31)27-16-20-12-21(17-27)14-22(13-20)18-27/h4-7,15,20-22H,3,8-14,16-18H2,1-2H3/b7-5+. The van der Waals surface area contributed by atoms with E-state index in [0.29, 0.717) is 50.2 Å². The van der Waals surface area contributed by atoms with Gasteiger partial charge in [-0.3, -0.25) is 9.59 Å². The summed E-state index contributed by atoms with van der Waals surface area (Å²) in [5.74, 6) is 4.04. The van der Waals surface area contributed by atoms with Gasteiger partial charge < -0.3 is 19.3 Å². The first-order valence-electron chi connectivity index (χ1n) is 12.6. The molecule has 4 aliphatic carbocycles. The minimum atomic E-state index is -0.0897. The van der Waals surface area contributed by atoms with E-state index in [1.807, 2.05) is 36.1 Å². The molecular formula is C27H36N2O4. The average molecular weight is 453 g/mol. The first-order valence-corrected chi connectivity index (χ1v) is 12.6. The molecule has 1 aromatic carbocycles. The van der Waals surface area contributed by atoms with Crippen molar-refractivity contribution < 1.29 is 19.1 Å². The Morgan fingerprint density at radius 3 is 2.15 bits per heavy atom. The topological polar surface area (TPSA) is 59.1 Å². The van der Waals surface area contributed by atoms with Crippen LogP contribution in [0.2, 0.25) is 0 Å². The molecule has 33 heavy (non-hydrogen) atoms. The zero-order valence-electron chi connectivity index (χ0n) is 19.9. The molecule has 4 bridgehead atoms. The number of carbonyl (C=O) groups is 2. The lowest BCUT2D eigenvalue weighted by atomic mass is 9.49. The van der Waals surface area contributed by atoms with Crippen molar-refractivity contribution in [2.24, 2.45) is 23.2 Å². The van der Waals surface area contributed by atoms with Crippen LogP contribution in [0, 0.1) is 23.2 Å². The van der Waals surface area contributed by atoms with Crippen LogP contribution < -0.4 is 9.47 Å². The van der Waals surface area contributed by atoms with Gasteiger partial charge in [0.15, 0.2) is 11.5 Å². The van der Waals surface area contributed by atoms with Gasteiger partial charge in [0.2, 0.25) is 11.8 Å². The van der Waals surface area contributed by atoms with Crippen LogP contribution in [0.4, 0.5) is 0 Å². The first-order chi connectivity index (χ1) is 16.0. The van der Waals surface area contributed by atoms with Gasteiger partial charge in [-0.1, -0.05) is 6.07 Å². The smallest absolute Gasteiger partial charge is 0.246 e. The summed E-state index contributed by atoms with van der Waals surface area (Å²) in [5.41, 5.74) is 0.798. The Labute approximate surface area is 196 Å². The maximum atomic E-state index is 13.6. The van der Waals surface area contributed by atoms with E-state index in [4.69, 9.17) is 9.47 Å². The summed E-state index contributed by atoms with van der Waals surface area (Å²) in [7, 11) is 1.61. The summed E-state index contributed by atoms with van der Waals surface area (Å²) < 4.78 is 10.9. The number of methoxy groups -OCH3 is 1. The average Bonchev–Trinajstić information content (AvgIpc) is 2.82. The molecule has 1 aliphatic heterocycles. The molecule has 5 fully saturated rings. The summed E-state index contributed by atoms with van der Waals surface area (Å²) in [6, 6.07) is 5.65. The molecule has 1 saturated heterocycles. The maximum Gasteiger partial charge on any atom is 0.246 e. The number of piperazine rings is 1. The fraction of sp³-hybridized carbons (Fsp3) is 0.630. The number of nitrogens with zero attached hydrogens (tertiary/aromatic N) is 2. The van der Waals surface area contributed by atoms with Gasteiger partial charge in [-0.25, -0.2) is 0 Å². The normalized spacial score (nSPS) is 30.7. The van der Waals surface area contributed by atoms with Gasteiger partial charge in [-0.05, 0) is 87.0 Å². The van der Waals surface area contributed by atoms with Crippen LogP contribution in [-0.4, -0.2) is 61.5 Å². The van der Waals surface area contributed by atoms with E-state index in [0.717, 1.165) is 42.6 Å². The van der Waals surface area contributed by atoms with Crippen molar-refractivity contribution in [3.63, 3.8) is 0 Å².